The Morgan fingerprint density at radius 3 is 2.19 bits per heavy atom. The van der Waals surface area contributed by atoms with Gasteiger partial charge in [-0.05, 0) is 6.42 Å². The summed E-state index contributed by atoms with van der Waals surface area (Å²) in [6.45, 7) is 3.37. The van der Waals surface area contributed by atoms with E-state index in [2.05, 4.69) is 9.05 Å². The number of halogens is 2. The van der Waals surface area contributed by atoms with Crippen LogP contribution in [0.3, 0.4) is 0 Å². The first kappa shape index (κ1) is 16.0. The normalized spacial score (nSPS) is 15.1. The summed E-state index contributed by atoms with van der Waals surface area (Å²) < 4.78 is 48.0. The van der Waals surface area contributed by atoms with Gasteiger partial charge in [0, 0.05) is 26.6 Å². The lowest BCUT2D eigenvalue weighted by atomic mass is 9.96. The summed E-state index contributed by atoms with van der Waals surface area (Å²) in [7, 11) is -0.904. The van der Waals surface area contributed by atoms with Crippen molar-refractivity contribution in [2.24, 2.45) is 5.92 Å². The van der Waals surface area contributed by atoms with Crippen LogP contribution in [-0.4, -0.2) is 26.3 Å². The molecule has 0 aromatic rings. The molecule has 0 saturated carbocycles. The van der Waals surface area contributed by atoms with E-state index >= 15 is 0 Å². The zero-order chi connectivity index (χ0) is 12.8. The minimum atomic E-state index is -3.32. The van der Waals surface area contributed by atoms with E-state index in [9.17, 15) is 13.3 Å². The highest BCUT2D eigenvalue weighted by molar-refractivity contribution is 7.53. The maximum absolute atomic E-state index is 13.6. The Balaban J connectivity index is 4.32. The highest BCUT2D eigenvalue weighted by Gasteiger charge is 2.38. The van der Waals surface area contributed by atoms with Crippen LogP contribution in [0.5, 0.6) is 0 Å². The van der Waals surface area contributed by atoms with Crippen LogP contribution in [0.4, 0.5) is 8.78 Å². The predicted octanol–water partition coefficient (Wildman–Crippen LogP) is 3.93. The molecule has 98 valence electrons. The molecule has 0 rings (SSSR count). The molecule has 3 nitrogen and oxygen atoms in total. The Bertz CT molecular complexity index is 238. The van der Waals surface area contributed by atoms with E-state index in [0.717, 1.165) is 0 Å². The lowest BCUT2D eigenvalue weighted by molar-refractivity contribution is -0.0576. The van der Waals surface area contributed by atoms with Crippen molar-refractivity contribution in [2.75, 3.05) is 20.4 Å². The van der Waals surface area contributed by atoms with Crippen molar-refractivity contribution in [3.05, 3.63) is 0 Å². The molecule has 0 aliphatic carbocycles. The third kappa shape index (κ3) is 4.89. The van der Waals surface area contributed by atoms with Crippen LogP contribution in [0, 0.1) is 5.92 Å². The average molecular weight is 258 g/mol. The molecule has 1 atom stereocenters. The molecule has 0 heterocycles. The van der Waals surface area contributed by atoms with Crippen LogP contribution in [0.15, 0.2) is 0 Å². The first-order valence-electron chi connectivity index (χ1n) is 5.39. The van der Waals surface area contributed by atoms with Gasteiger partial charge in [0.25, 0.3) is 5.92 Å². The monoisotopic (exact) mass is 258 g/mol. The smallest absolute Gasteiger partial charge is 0.312 e. The van der Waals surface area contributed by atoms with Gasteiger partial charge in [-0.1, -0.05) is 20.3 Å². The van der Waals surface area contributed by atoms with Crippen molar-refractivity contribution in [1.82, 2.24) is 0 Å². The van der Waals surface area contributed by atoms with Gasteiger partial charge in [-0.15, -0.1) is 0 Å². The number of rotatable bonds is 8. The fourth-order valence-corrected chi connectivity index (χ4v) is 2.52. The molecule has 0 radical (unpaired) electrons. The summed E-state index contributed by atoms with van der Waals surface area (Å²) in [5.41, 5.74) is 0. The maximum atomic E-state index is 13.6. The molecule has 0 aromatic heterocycles. The van der Waals surface area contributed by atoms with Gasteiger partial charge in [0.15, 0.2) is 0 Å². The summed E-state index contributed by atoms with van der Waals surface area (Å²) >= 11 is 0. The topological polar surface area (TPSA) is 35.5 Å². The second-order valence-corrected chi connectivity index (χ2v) is 6.30. The van der Waals surface area contributed by atoms with Crippen molar-refractivity contribution >= 4 is 7.60 Å². The third-order valence-corrected chi connectivity index (χ3v) is 4.60. The lowest BCUT2D eigenvalue weighted by Crippen LogP contribution is -2.27. The van der Waals surface area contributed by atoms with Crippen LogP contribution < -0.4 is 0 Å². The molecule has 0 aliphatic rings. The van der Waals surface area contributed by atoms with E-state index < -0.39 is 25.9 Å². The van der Waals surface area contributed by atoms with Crippen LogP contribution in [-0.2, 0) is 13.6 Å². The zero-order valence-corrected chi connectivity index (χ0v) is 11.2. The Hall–Kier alpha value is 0.01000. The summed E-state index contributed by atoms with van der Waals surface area (Å²) in [5, 5.41) is 0. The van der Waals surface area contributed by atoms with E-state index in [-0.39, 0.29) is 6.16 Å². The fourth-order valence-electron chi connectivity index (χ4n) is 1.43. The van der Waals surface area contributed by atoms with Gasteiger partial charge in [-0.3, -0.25) is 4.57 Å². The second kappa shape index (κ2) is 6.67. The molecule has 0 N–H and O–H groups in total. The second-order valence-electron chi connectivity index (χ2n) is 3.90. The fraction of sp³-hybridized carbons (Fsp3) is 1.00. The Morgan fingerprint density at radius 1 is 1.31 bits per heavy atom. The van der Waals surface area contributed by atoms with E-state index in [1.165, 1.54) is 21.1 Å². The van der Waals surface area contributed by atoms with Gasteiger partial charge in [0.2, 0.25) is 0 Å². The molecule has 0 aromatic carbocycles. The van der Waals surface area contributed by atoms with Gasteiger partial charge in [0.05, 0.1) is 6.16 Å². The standard InChI is InChI=1S/C10H21F2O3P/c1-5-6-9(2)10(11,12)7-8-16(13,14-3)15-4/h9H,5-8H2,1-4H3/t9-/m0/s1. The van der Waals surface area contributed by atoms with Crippen molar-refractivity contribution < 1.29 is 22.4 Å². The molecular formula is C10H21F2O3P. The Morgan fingerprint density at radius 2 is 1.81 bits per heavy atom. The highest BCUT2D eigenvalue weighted by Crippen LogP contribution is 2.49. The van der Waals surface area contributed by atoms with Crippen LogP contribution >= 0.6 is 7.60 Å². The minimum absolute atomic E-state index is 0.249. The Kier molecular flexibility index (Phi) is 6.68. The quantitative estimate of drug-likeness (QED) is 0.619. The molecule has 0 fully saturated rings. The van der Waals surface area contributed by atoms with Crippen molar-refractivity contribution in [3.8, 4) is 0 Å². The van der Waals surface area contributed by atoms with Crippen LogP contribution in [0.1, 0.15) is 33.1 Å². The van der Waals surface area contributed by atoms with Gasteiger partial charge in [0.1, 0.15) is 0 Å². The summed E-state index contributed by atoms with van der Waals surface area (Å²) in [6, 6.07) is 0. The molecule has 0 bridgehead atoms. The van der Waals surface area contributed by atoms with Crippen molar-refractivity contribution in [3.63, 3.8) is 0 Å². The van der Waals surface area contributed by atoms with Crippen LogP contribution in [0.25, 0.3) is 0 Å². The first-order chi connectivity index (χ1) is 7.31. The number of hydrogen-bond donors (Lipinski definition) is 0. The molecule has 6 heteroatoms. The van der Waals surface area contributed by atoms with Gasteiger partial charge in [-0.25, -0.2) is 8.78 Å². The average Bonchev–Trinajstić information content (AvgIpc) is 2.26. The number of alkyl halides is 2. The first-order valence-corrected chi connectivity index (χ1v) is 7.12. The third-order valence-electron chi connectivity index (χ3n) is 2.72. The molecule has 0 spiro atoms. The van der Waals surface area contributed by atoms with E-state index in [0.29, 0.717) is 12.8 Å². The zero-order valence-electron chi connectivity index (χ0n) is 10.3. The lowest BCUT2D eigenvalue weighted by Gasteiger charge is -2.24. The molecule has 16 heavy (non-hydrogen) atoms. The summed E-state index contributed by atoms with van der Waals surface area (Å²) in [4.78, 5) is 0. The highest BCUT2D eigenvalue weighted by atomic mass is 31.2. The Labute approximate surface area is 96.0 Å². The van der Waals surface area contributed by atoms with Crippen LogP contribution in [0.2, 0.25) is 0 Å². The molecule has 0 aliphatic heterocycles. The summed E-state index contributed by atoms with van der Waals surface area (Å²) in [5.74, 6) is -3.53. The predicted molar refractivity (Wildman–Crippen MR) is 60.1 cm³/mol. The molecule has 0 amide bonds. The molecular weight excluding hydrogens is 237 g/mol. The molecule has 0 saturated heterocycles. The van der Waals surface area contributed by atoms with Gasteiger partial charge in [-0.2, -0.15) is 0 Å². The largest absolute Gasteiger partial charge is 0.330 e. The SMILES string of the molecule is CCC[C@H](C)C(F)(F)CCP(=O)(OC)OC. The van der Waals surface area contributed by atoms with Gasteiger partial charge >= 0.3 is 7.60 Å². The van der Waals surface area contributed by atoms with E-state index in [4.69, 9.17) is 0 Å². The molecule has 0 unspecified atom stereocenters. The summed E-state index contributed by atoms with van der Waals surface area (Å²) in [6.07, 6.45) is 0.453. The maximum Gasteiger partial charge on any atom is 0.330 e. The van der Waals surface area contributed by atoms with Crippen molar-refractivity contribution in [2.45, 2.75) is 39.0 Å². The minimum Gasteiger partial charge on any atom is -0.312 e. The van der Waals surface area contributed by atoms with Crippen molar-refractivity contribution in [1.29, 1.82) is 0 Å². The number of hydrogen-bond acceptors (Lipinski definition) is 3. The van der Waals surface area contributed by atoms with E-state index in [1.807, 2.05) is 6.92 Å². The van der Waals surface area contributed by atoms with Gasteiger partial charge < -0.3 is 9.05 Å². The van der Waals surface area contributed by atoms with E-state index in [1.54, 1.807) is 0 Å².